The summed E-state index contributed by atoms with van der Waals surface area (Å²) in [5, 5.41) is 7.99. The molecular weight excluding hydrogens is 358 g/mol. The second kappa shape index (κ2) is 8.12. The van der Waals surface area contributed by atoms with Gasteiger partial charge in [-0.1, -0.05) is 30.2 Å². The van der Waals surface area contributed by atoms with Crippen LogP contribution in [-0.4, -0.2) is 38.7 Å². The molecule has 1 aromatic heterocycles. The van der Waals surface area contributed by atoms with E-state index in [2.05, 4.69) is 15.0 Å². The molecule has 0 atom stereocenters. The van der Waals surface area contributed by atoms with Crippen LogP contribution in [0.3, 0.4) is 0 Å². The zero-order chi connectivity index (χ0) is 17.8. The summed E-state index contributed by atoms with van der Waals surface area (Å²) < 4.78 is 4.66. The molecular formula is C17H22ClN5OS. The Morgan fingerprint density at radius 3 is 2.96 bits per heavy atom. The average molecular weight is 380 g/mol. The number of benzene rings is 1. The van der Waals surface area contributed by atoms with Gasteiger partial charge in [-0.3, -0.25) is 9.69 Å². The van der Waals surface area contributed by atoms with Gasteiger partial charge in [0.05, 0.1) is 23.9 Å². The van der Waals surface area contributed by atoms with Gasteiger partial charge in [0.25, 0.3) is 0 Å². The number of aromatic nitrogens is 3. The molecule has 1 N–H and O–H groups in total. The average Bonchev–Trinajstić information content (AvgIpc) is 2.75. The molecule has 2 aromatic rings. The molecule has 0 saturated heterocycles. The summed E-state index contributed by atoms with van der Waals surface area (Å²) in [6.45, 7) is 1.65. The Kier molecular flexibility index (Phi) is 5.88. The number of aryl methyl sites for hydroxylation is 1. The lowest BCUT2D eigenvalue weighted by Gasteiger charge is -2.16. The van der Waals surface area contributed by atoms with Gasteiger partial charge >= 0.3 is 0 Å². The summed E-state index contributed by atoms with van der Waals surface area (Å²) in [6, 6.07) is 7.19. The summed E-state index contributed by atoms with van der Waals surface area (Å²) in [5.41, 5.74) is 0.618. The van der Waals surface area contributed by atoms with Gasteiger partial charge in [-0.15, -0.1) is 0 Å². The monoisotopic (exact) mass is 379 g/mol. The predicted molar refractivity (Wildman–Crippen MR) is 101 cm³/mol. The van der Waals surface area contributed by atoms with Crippen molar-refractivity contribution >= 4 is 35.4 Å². The summed E-state index contributed by atoms with van der Waals surface area (Å²) >= 11 is 11.6. The first-order valence-electron chi connectivity index (χ1n) is 8.44. The number of hydrogen-bond donors (Lipinski definition) is 1. The molecule has 3 rings (SSSR count). The highest BCUT2D eigenvalue weighted by atomic mass is 35.5. The molecule has 0 bridgehead atoms. The Morgan fingerprint density at radius 2 is 2.16 bits per heavy atom. The third kappa shape index (κ3) is 4.48. The van der Waals surface area contributed by atoms with Crippen LogP contribution in [0.15, 0.2) is 24.3 Å². The summed E-state index contributed by atoms with van der Waals surface area (Å²) in [7, 11) is 1.87. The van der Waals surface area contributed by atoms with E-state index in [0.29, 0.717) is 17.4 Å². The topological polar surface area (TPSA) is 55.1 Å². The number of para-hydroxylation sites is 1. The minimum absolute atomic E-state index is 0.122. The fourth-order valence-electron chi connectivity index (χ4n) is 2.99. The first-order valence-corrected chi connectivity index (χ1v) is 9.22. The van der Waals surface area contributed by atoms with E-state index in [1.165, 1.54) is 6.42 Å². The second-order valence-corrected chi connectivity index (χ2v) is 7.12. The molecule has 0 radical (unpaired) electrons. The predicted octanol–water partition coefficient (Wildman–Crippen LogP) is 3.32. The van der Waals surface area contributed by atoms with E-state index in [9.17, 15) is 4.79 Å². The smallest absolute Gasteiger partial charge is 0.238 e. The summed E-state index contributed by atoms with van der Waals surface area (Å²) in [5.74, 6) is 0.930. The van der Waals surface area contributed by atoms with Crippen molar-refractivity contribution in [2.45, 2.75) is 38.9 Å². The Morgan fingerprint density at radius 1 is 1.36 bits per heavy atom. The van der Waals surface area contributed by atoms with Gasteiger partial charge in [0.15, 0.2) is 4.77 Å². The number of amides is 1. The van der Waals surface area contributed by atoms with E-state index in [1.807, 2.05) is 24.1 Å². The second-order valence-electron chi connectivity index (χ2n) is 6.34. The highest BCUT2D eigenvalue weighted by Gasteiger charge is 2.15. The Balaban J connectivity index is 1.61. The first-order chi connectivity index (χ1) is 12.0. The molecule has 0 saturated carbocycles. The first kappa shape index (κ1) is 18.1. The lowest BCUT2D eigenvalue weighted by molar-refractivity contribution is -0.117. The molecule has 8 heteroatoms. The highest BCUT2D eigenvalue weighted by Crippen LogP contribution is 2.20. The van der Waals surface area contributed by atoms with Gasteiger partial charge in [0.1, 0.15) is 5.82 Å². The highest BCUT2D eigenvalue weighted by molar-refractivity contribution is 7.71. The third-order valence-corrected chi connectivity index (χ3v) is 4.98. The van der Waals surface area contributed by atoms with Crippen LogP contribution in [0.4, 0.5) is 5.69 Å². The minimum Gasteiger partial charge on any atom is -0.324 e. The van der Waals surface area contributed by atoms with Crippen molar-refractivity contribution in [3.8, 4) is 0 Å². The van der Waals surface area contributed by atoms with Crippen molar-refractivity contribution in [2.75, 3.05) is 18.9 Å². The SMILES string of the molecule is CN(CC(=O)Nc1ccccc1Cl)Cn1nc2n(c1=S)CCCCC2. The molecule has 0 spiro atoms. The molecule has 134 valence electrons. The van der Waals surface area contributed by atoms with Gasteiger partial charge in [-0.25, -0.2) is 4.68 Å². The van der Waals surface area contributed by atoms with Crippen LogP contribution in [-0.2, 0) is 24.4 Å². The number of nitrogens with zero attached hydrogens (tertiary/aromatic N) is 4. The number of hydrogen-bond acceptors (Lipinski definition) is 4. The number of carbonyl (C=O) groups is 1. The number of fused-ring (bicyclic) bond motifs is 1. The zero-order valence-electron chi connectivity index (χ0n) is 14.2. The standard InChI is InChI=1S/C17H22ClN5OS/c1-21(11-16(24)19-14-8-5-4-7-13(14)18)12-23-17(25)22-10-6-2-3-9-15(22)20-23/h4-5,7-8H,2-3,6,9-12H2,1H3,(H,19,24). The van der Waals surface area contributed by atoms with Crippen molar-refractivity contribution in [1.29, 1.82) is 0 Å². The van der Waals surface area contributed by atoms with Crippen molar-refractivity contribution in [3.05, 3.63) is 39.9 Å². The number of rotatable bonds is 5. The van der Waals surface area contributed by atoms with Gasteiger partial charge in [0, 0.05) is 13.0 Å². The van der Waals surface area contributed by atoms with E-state index >= 15 is 0 Å². The number of halogens is 1. The number of nitrogens with one attached hydrogen (secondary N) is 1. The zero-order valence-corrected chi connectivity index (χ0v) is 15.8. The van der Waals surface area contributed by atoms with E-state index in [1.54, 1.807) is 16.8 Å². The maximum Gasteiger partial charge on any atom is 0.238 e. The Labute approximate surface area is 157 Å². The fourth-order valence-corrected chi connectivity index (χ4v) is 3.47. The number of carbonyl (C=O) groups excluding carboxylic acids is 1. The molecule has 2 heterocycles. The van der Waals surface area contributed by atoms with Crippen LogP contribution in [0.25, 0.3) is 0 Å². The van der Waals surface area contributed by atoms with E-state index < -0.39 is 0 Å². The van der Waals surface area contributed by atoms with Crippen LogP contribution in [0.5, 0.6) is 0 Å². The van der Waals surface area contributed by atoms with Crippen LogP contribution in [0, 0.1) is 4.77 Å². The normalized spacial score (nSPS) is 14.2. The molecule has 1 aliphatic rings. The molecule has 25 heavy (non-hydrogen) atoms. The summed E-state index contributed by atoms with van der Waals surface area (Å²) in [4.78, 5) is 14.1. The number of likely N-dealkylation sites (N-methyl/N-ethyl adjacent to an activating group) is 1. The van der Waals surface area contributed by atoms with E-state index in [0.717, 1.165) is 36.4 Å². The van der Waals surface area contributed by atoms with Crippen LogP contribution in [0.1, 0.15) is 25.1 Å². The minimum atomic E-state index is -0.122. The molecule has 0 unspecified atom stereocenters. The van der Waals surface area contributed by atoms with Crippen LogP contribution >= 0.6 is 23.8 Å². The van der Waals surface area contributed by atoms with Gasteiger partial charge in [-0.2, -0.15) is 5.10 Å². The fraction of sp³-hybridized carbons (Fsp3) is 0.471. The van der Waals surface area contributed by atoms with Crippen LogP contribution in [0.2, 0.25) is 5.02 Å². The van der Waals surface area contributed by atoms with Gasteiger partial charge < -0.3 is 9.88 Å². The molecule has 6 nitrogen and oxygen atoms in total. The van der Waals surface area contributed by atoms with Gasteiger partial charge in [-0.05, 0) is 44.2 Å². The Hall–Kier alpha value is -1.70. The molecule has 1 amide bonds. The van der Waals surface area contributed by atoms with Gasteiger partial charge in [0.2, 0.25) is 5.91 Å². The maximum atomic E-state index is 12.2. The number of anilines is 1. The van der Waals surface area contributed by atoms with Crippen LogP contribution < -0.4 is 5.32 Å². The van der Waals surface area contributed by atoms with Crippen molar-refractivity contribution in [3.63, 3.8) is 0 Å². The molecule has 0 aliphatic carbocycles. The lowest BCUT2D eigenvalue weighted by Crippen LogP contribution is -2.32. The quantitative estimate of drug-likeness (QED) is 0.809. The summed E-state index contributed by atoms with van der Waals surface area (Å²) in [6.07, 6.45) is 4.48. The van der Waals surface area contributed by atoms with Crippen molar-refractivity contribution in [2.24, 2.45) is 0 Å². The van der Waals surface area contributed by atoms with Crippen molar-refractivity contribution < 1.29 is 4.79 Å². The van der Waals surface area contributed by atoms with E-state index in [-0.39, 0.29) is 12.5 Å². The third-order valence-electron chi connectivity index (χ3n) is 4.22. The molecule has 1 aromatic carbocycles. The maximum absolute atomic E-state index is 12.2. The molecule has 1 aliphatic heterocycles. The van der Waals surface area contributed by atoms with Crippen molar-refractivity contribution in [1.82, 2.24) is 19.2 Å². The van der Waals surface area contributed by atoms with E-state index in [4.69, 9.17) is 23.8 Å². The Bertz CT molecular complexity index is 816. The largest absolute Gasteiger partial charge is 0.324 e. The lowest BCUT2D eigenvalue weighted by atomic mass is 10.2. The molecule has 0 fully saturated rings.